The maximum absolute atomic E-state index is 11.9. The van der Waals surface area contributed by atoms with Crippen molar-refractivity contribution in [3.8, 4) is 0 Å². The van der Waals surface area contributed by atoms with Crippen LogP contribution in [0.15, 0.2) is 12.3 Å². The predicted octanol–water partition coefficient (Wildman–Crippen LogP) is 1.58. The standard InChI is InChI=1S/C12H16N4O2/c1-7-5-9-14-6-8(10(13)16(9)15-7)11(17)18-12(2,3)4/h5-6H,13H2,1-4H3. The van der Waals surface area contributed by atoms with Crippen LogP contribution in [0.2, 0.25) is 0 Å². The molecule has 0 spiro atoms. The number of aromatic nitrogens is 3. The molecule has 2 heterocycles. The lowest BCUT2D eigenvalue weighted by molar-refractivity contribution is 0.00698. The Kier molecular flexibility index (Phi) is 2.73. The Hall–Kier alpha value is -2.11. The van der Waals surface area contributed by atoms with Crippen molar-refractivity contribution in [1.29, 1.82) is 0 Å². The molecule has 0 aliphatic heterocycles. The number of hydrogen-bond acceptors (Lipinski definition) is 5. The Morgan fingerprint density at radius 1 is 1.44 bits per heavy atom. The number of ether oxygens (including phenoxy) is 1. The molecule has 96 valence electrons. The third-order valence-electron chi connectivity index (χ3n) is 2.26. The summed E-state index contributed by atoms with van der Waals surface area (Å²) in [6.45, 7) is 7.22. The number of nitrogens with zero attached hydrogens (tertiary/aromatic N) is 3. The van der Waals surface area contributed by atoms with Crippen molar-refractivity contribution >= 4 is 17.4 Å². The van der Waals surface area contributed by atoms with Crippen LogP contribution in [0, 0.1) is 6.92 Å². The van der Waals surface area contributed by atoms with Crippen molar-refractivity contribution in [2.75, 3.05) is 5.73 Å². The second kappa shape index (κ2) is 3.97. The smallest absolute Gasteiger partial charge is 0.344 e. The first-order valence-corrected chi connectivity index (χ1v) is 5.62. The number of fused-ring (bicyclic) bond motifs is 1. The van der Waals surface area contributed by atoms with E-state index in [4.69, 9.17) is 10.5 Å². The summed E-state index contributed by atoms with van der Waals surface area (Å²) in [5.41, 5.74) is 6.96. The molecule has 2 aromatic rings. The van der Waals surface area contributed by atoms with Crippen LogP contribution in [0.5, 0.6) is 0 Å². The van der Waals surface area contributed by atoms with E-state index >= 15 is 0 Å². The SMILES string of the molecule is Cc1cc2ncc(C(=O)OC(C)(C)C)c(N)n2n1. The second-order valence-electron chi connectivity index (χ2n) is 5.11. The average Bonchev–Trinajstić information content (AvgIpc) is 2.57. The highest BCUT2D eigenvalue weighted by atomic mass is 16.6. The van der Waals surface area contributed by atoms with Gasteiger partial charge >= 0.3 is 5.97 Å². The van der Waals surface area contributed by atoms with Gasteiger partial charge in [0.15, 0.2) is 5.65 Å². The molecule has 2 N–H and O–H groups in total. The van der Waals surface area contributed by atoms with Gasteiger partial charge in [0.25, 0.3) is 0 Å². The van der Waals surface area contributed by atoms with Gasteiger partial charge in [-0.25, -0.2) is 9.78 Å². The van der Waals surface area contributed by atoms with Crippen LogP contribution in [0.1, 0.15) is 36.8 Å². The van der Waals surface area contributed by atoms with E-state index in [1.54, 1.807) is 26.8 Å². The fourth-order valence-electron chi connectivity index (χ4n) is 1.56. The lowest BCUT2D eigenvalue weighted by Crippen LogP contribution is -2.25. The van der Waals surface area contributed by atoms with Crippen LogP contribution in [0.3, 0.4) is 0 Å². The summed E-state index contributed by atoms with van der Waals surface area (Å²) in [5.74, 6) is -0.259. The fraction of sp³-hybridized carbons (Fsp3) is 0.417. The molecule has 0 aromatic carbocycles. The Morgan fingerprint density at radius 3 is 2.72 bits per heavy atom. The van der Waals surface area contributed by atoms with Gasteiger partial charge in [-0.05, 0) is 27.7 Å². The second-order valence-corrected chi connectivity index (χ2v) is 5.11. The van der Waals surface area contributed by atoms with E-state index < -0.39 is 11.6 Å². The van der Waals surface area contributed by atoms with Crippen molar-refractivity contribution < 1.29 is 9.53 Å². The highest BCUT2D eigenvalue weighted by Gasteiger charge is 2.21. The van der Waals surface area contributed by atoms with Gasteiger partial charge in [0.05, 0.1) is 5.69 Å². The number of nitrogens with two attached hydrogens (primary N) is 1. The van der Waals surface area contributed by atoms with E-state index in [0.29, 0.717) is 5.65 Å². The van der Waals surface area contributed by atoms with Gasteiger partial charge in [0.2, 0.25) is 0 Å². The highest BCUT2D eigenvalue weighted by molar-refractivity contribution is 5.94. The average molecular weight is 248 g/mol. The summed E-state index contributed by atoms with van der Waals surface area (Å²) in [6.07, 6.45) is 1.42. The molecule has 6 heteroatoms. The minimum atomic E-state index is -0.571. The summed E-state index contributed by atoms with van der Waals surface area (Å²) in [4.78, 5) is 16.1. The van der Waals surface area contributed by atoms with Crippen molar-refractivity contribution in [3.05, 3.63) is 23.5 Å². The molecule has 0 radical (unpaired) electrons. The normalized spacial score (nSPS) is 11.8. The van der Waals surface area contributed by atoms with Crippen LogP contribution < -0.4 is 5.73 Å². The number of carbonyl (C=O) groups excluding carboxylic acids is 1. The van der Waals surface area contributed by atoms with E-state index in [2.05, 4.69) is 10.1 Å². The van der Waals surface area contributed by atoms with Gasteiger partial charge in [0, 0.05) is 12.3 Å². The summed E-state index contributed by atoms with van der Waals surface area (Å²) < 4.78 is 6.70. The molecular weight excluding hydrogens is 232 g/mol. The highest BCUT2D eigenvalue weighted by Crippen LogP contribution is 2.18. The molecular formula is C12H16N4O2. The molecule has 0 saturated carbocycles. The first-order valence-electron chi connectivity index (χ1n) is 5.62. The lowest BCUT2D eigenvalue weighted by atomic mass is 10.2. The first-order chi connectivity index (χ1) is 8.28. The molecule has 0 unspecified atom stereocenters. The molecule has 18 heavy (non-hydrogen) atoms. The van der Waals surface area contributed by atoms with E-state index in [1.807, 2.05) is 6.92 Å². The number of aryl methyl sites for hydroxylation is 1. The molecule has 6 nitrogen and oxygen atoms in total. The Bertz CT molecular complexity index is 610. The minimum absolute atomic E-state index is 0.223. The van der Waals surface area contributed by atoms with Crippen molar-refractivity contribution in [1.82, 2.24) is 14.6 Å². The Balaban J connectivity index is 2.46. The van der Waals surface area contributed by atoms with E-state index in [-0.39, 0.29) is 11.4 Å². The number of esters is 1. The van der Waals surface area contributed by atoms with Crippen molar-refractivity contribution in [2.24, 2.45) is 0 Å². The third kappa shape index (κ3) is 2.27. The van der Waals surface area contributed by atoms with Crippen LogP contribution in [0.25, 0.3) is 5.65 Å². The van der Waals surface area contributed by atoms with Crippen LogP contribution in [-0.4, -0.2) is 26.2 Å². The topological polar surface area (TPSA) is 82.5 Å². The first kappa shape index (κ1) is 12.3. The Morgan fingerprint density at radius 2 is 2.11 bits per heavy atom. The Labute approximate surface area is 105 Å². The molecule has 0 saturated heterocycles. The van der Waals surface area contributed by atoms with Crippen molar-refractivity contribution in [3.63, 3.8) is 0 Å². The number of carbonyl (C=O) groups is 1. The molecule has 2 rings (SSSR count). The minimum Gasteiger partial charge on any atom is -0.456 e. The predicted molar refractivity (Wildman–Crippen MR) is 67.3 cm³/mol. The lowest BCUT2D eigenvalue weighted by Gasteiger charge is -2.19. The van der Waals surface area contributed by atoms with Gasteiger partial charge in [-0.3, -0.25) is 0 Å². The third-order valence-corrected chi connectivity index (χ3v) is 2.26. The molecule has 0 fully saturated rings. The number of hydrogen-bond donors (Lipinski definition) is 1. The van der Waals surface area contributed by atoms with Crippen LogP contribution >= 0.6 is 0 Å². The molecule has 0 aliphatic carbocycles. The molecule has 0 aliphatic rings. The fourth-order valence-corrected chi connectivity index (χ4v) is 1.56. The van der Waals surface area contributed by atoms with E-state index in [0.717, 1.165) is 5.69 Å². The largest absolute Gasteiger partial charge is 0.456 e. The molecule has 0 amide bonds. The van der Waals surface area contributed by atoms with Gasteiger partial charge < -0.3 is 10.5 Å². The summed E-state index contributed by atoms with van der Waals surface area (Å²) >= 11 is 0. The van der Waals surface area contributed by atoms with Crippen LogP contribution in [0.4, 0.5) is 5.82 Å². The summed E-state index contributed by atoms with van der Waals surface area (Å²) in [5, 5.41) is 4.17. The summed E-state index contributed by atoms with van der Waals surface area (Å²) in [7, 11) is 0. The number of rotatable bonds is 1. The van der Waals surface area contributed by atoms with Gasteiger partial charge in [0.1, 0.15) is 17.0 Å². The van der Waals surface area contributed by atoms with Crippen molar-refractivity contribution in [2.45, 2.75) is 33.3 Å². The monoisotopic (exact) mass is 248 g/mol. The molecule has 0 atom stereocenters. The molecule has 2 aromatic heterocycles. The maximum Gasteiger partial charge on any atom is 0.344 e. The maximum atomic E-state index is 11.9. The van der Waals surface area contributed by atoms with Gasteiger partial charge in [-0.15, -0.1) is 0 Å². The van der Waals surface area contributed by atoms with E-state index in [1.165, 1.54) is 10.7 Å². The van der Waals surface area contributed by atoms with Gasteiger partial charge in [-0.1, -0.05) is 0 Å². The summed E-state index contributed by atoms with van der Waals surface area (Å²) in [6, 6.07) is 1.79. The quantitative estimate of drug-likeness (QED) is 0.775. The van der Waals surface area contributed by atoms with Crippen LogP contribution in [-0.2, 0) is 4.74 Å². The zero-order valence-electron chi connectivity index (χ0n) is 10.9. The van der Waals surface area contributed by atoms with E-state index in [9.17, 15) is 4.79 Å². The number of nitrogen functional groups attached to an aromatic ring is 1. The van der Waals surface area contributed by atoms with Gasteiger partial charge in [-0.2, -0.15) is 9.61 Å². The molecule has 0 bridgehead atoms. The zero-order valence-corrected chi connectivity index (χ0v) is 10.9. The zero-order chi connectivity index (χ0) is 13.5. The number of anilines is 1.